The van der Waals surface area contributed by atoms with Gasteiger partial charge in [-0.3, -0.25) is 0 Å². The molecule has 3 aromatic rings. The van der Waals surface area contributed by atoms with Crippen molar-refractivity contribution in [3.8, 4) is 0 Å². The molecule has 0 radical (unpaired) electrons. The van der Waals surface area contributed by atoms with Gasteiger partial charge >= 0.3 is 0 Å². The van der Waals surface area contributed by atoms with E-state index in [-0.39, 0.29) is 6.04 Å². The van der Waals surface area contributed by atoms with Crippen molar-refractivity contribution in [1.82, 2.24) is 14.6 Å². The fraction of sp³-hybridized carbons (Fsp3) is 0.143. The number of hydrogen-bond acceptors (Lipinski definition) is 3. The molecule has 1 unspecified atom stereocenters. The Balaban J connectivity index is 1.87. The van der Waals surface area contributed by atoms with Crippen molar-refractivity contribution in [3.63, 3.8) is 0 Å². The lowest BCUT2D eigenvalue weighted by Gasteiger charge is -2.14. The third-order valence-corrected chi connectivity index (χ3v) is 4.10. The Labute approximate surface area is 140 Å². The van der Waals surface area contributed by atoms with Crippen LogP contribution in [0, 0.1) is 0 Å². The summed E-state index contributed by atoms with van der Waals surface area (Å²) in [5.74, 6) is 0.548. The largest absolute Gasteiger partial charge is 0.346 e. The Kier molecular flexibility index (Phi) is 4.06. The van der Waals surface area contributed by atoms with E-state index >= 15 is 0 Å². The quantitative estimate of drug-likeness (QED) is 0.691. The van der Waals surface area contributed by atoms with Gasteiger partial charge in [-0.25, -0.2) is 4.52 Å². The van der Waals surface area contributed by atoms with Gasteiger partial charge in [0, 0.05) is 20.7 Å². The number of aromatic nitrogens is 3. The molecule has 3 rings (SSSR count). The fourth-order valence-electron chi connectivity index (χ4n) is 2.04. The molecule has 0 bridgehead atoms. The van der Waals surface area contributed by atoms with Crippen LogP contribution in [0.4, 0.5) is 5.95 Å². The molecule has 0 aliphatic carbocycles. The summed E-state index contributed by atoms with van der Waals surface area (Å²) in [6.07, 6.45) is 1.85. The zero-order valence-corrected chi connectivity index (χ0v) is 14.1. The molecule has 4 nitrogen and oxygen atoms in total. The maximum absolute atomic E-state index is 6.21. The first kappa shape index (κ1) is 14.6. The maximum atomic E-state index is 6.21. The van der Waals surface area contributed by atoms with Crippen molar-refractivity contribution < 1.29 is 0 Å². The van der Waals surface area contributed by atoms with Crippen molar-refractivity contribution >= 4 is 50.7 Å². The Morgan fingerprint density at radius 3 is 2.81 bits per heavy atom. The standard InChI is InChI=1S/C14H11BrCl2N4/c1-8(11-4-3-10(16)6-12(11)17)18-14-19-13-5-2-9(15)7-21(13)20-14/h2-8H,1H3,(H,18,20). The number of pyridine rings is 1. The number of fused-ring (bicyclic) bond motifs is 1. The average Bonchev–Trinajstić information content (AvgIpc) is 2.79. The minimum Gasteiger partial charge on any atom is -0.346 e. The van der Waals surface area contributed by atoms with E-state index < -0.39 is 0 Å². The number of rotatable bonds is 3. The Morgan fingerprint density at radius 2 is 2.05 bits per heavy atom. The van der Waals surface area contributed by atoms with Crippen LogP contribution in [-0.4, -0.2) is 14.6 Å². The summed E-state index contributed by atoms with van der Waals surface area (Å²) < 4.78 is 2.66. The van der Waals surface area contributed by atoms with Crippen molar-refractivity contribution in [1.29, 1.82) is 0 Å². The van der Waals surface area contributed by atoms with Gasteiger partial charge in [0.1, 0.15) is 0 Å². The number of nitrogens with one attached hydrogen (secondary N) is 1. The molecule has 1 atom stereocenters. The molecule has 21 heavy (non-hydrogen) atoms. The Hall–Kier alpha value is -1.30. The molecule has 0 amide bonds. The topological polar surface area (TPSA) is 42.2 Å². The summed E-state index contributed by atoms with van der Waals surface area (Å²) in [4.78, 5) is 4.42. The van der Waals surface area contributed by atoms with Crippen molar-refractivity contribution in [2.45, 2.75) is 13.0 Å². The molecular weight excluding hydrogens is 375 g/mol. The van der Waals surface area contributed by atoms with Crippen LogP contribution in [0.15, 0.2) is 41.0 Å². The summed E-state index contributed by atoms with van der Waals surface area (Å²) in [6, 6.07) is 9.22. The van der Waals surface area contributed by atoms with E-state index in [2.05, 4.69) is 31.3 Å². The Bertz CT molecular complexity index is 803. The summed E-state index contributed by atoms with van der Waals surface area (Å²) in [6.45, 7) is 2.00. The monoisotopic (exact) mass is 384 g/mol. The van der Waals surface area contributed by atoms with E-state index in [0.717, 1.165) is 15.7 Å². The van der Waals surface area contributed by atoms with Crippen LogP contribution >= 0.6 is 39.1 Å². The first-order valence-electron chi connectivity index (χ1n) is 6.26. The third-order valence-electron chi connectivity index (χ3n) is 3.07. The van der Waals surface area contributed by atoms with Crippen molar-refractivity contribution in [3.05, 3.63) is 56.6 Å². The molecule has 0 spiro atoms. The van der Waals surface area contributed by atoms with E-state index in [1.807, 2.05) is 37.4 Å². The highest BCUT2D eigenvalue weighted by Crippen LogP contribution is 2.27. The molecule has 2 heterocycles. The van der Waals surface area contributed by atoms with E-state index in [1.54, 1.807) is 10.6 Å². The lowest BCUT2D eigenvalue weighted by Crippen LogP contribution is -2.08. The van der Waals surface area contributed by atoms with E-state index in [1.165, 1.54) is 0 Å². The second kappa shape index (κ2) is 5.83. The number of anilines is 1. The molecule has 108 valence electrons. The SMILES string of the molecule is CC(Nc1nc2ccc(Br)cn2n1)c1ccc(Cl)cc1Cl. The highest BCUT2D eigenvalue weighted by Gasteiger charge is 2.12. The third kappa shape index (κ3) is 3.15. The number of nitrogens with zero attached hydrogens (tertiary/aromatic N) is 3. The van der Waals surface area contributed by atoms with Gasteiger partial charge < -0.3 is 5.32 Å². The zero-order valence-electron chi connectivity index (χ0n) is 11.0. The van der Waals surface area contributed by atoms with E-state index in [4.69, 9.17) is 23.2 Å². The van der Waals surface area contributed by atoms with Gasteiger partial charge in [-0.2, -0.15) is 4.98 Å². The lowest BCUT2D eigenvalue weighted by molar-refractivity contribution is 0.852. The van der Waals surface area contributed by atoms with Crippen LogP contribution in [0.1, 0.15) is 18.5 Å². The second-order valence-corrected chi connectivity index (χ2v) is 6.38. The van der Waals surface area contributed by atoms with Gasteiger partial charge in [-0.1, -0.05) is 29.3 Å². The number of benzene rings is 1. The fourth-order valence-corrected chi connectivity index (χ4v) is 2.94. The predicted molar refractivity (Wildman–Crippen MR) is 89.2 cm³/mol. The van der Waals surface area contributed by atoms with Gasteiger partial charge in [-0.05, 0) is 52.7 Å². The molecule has 0 saturated heterocycles. The van der Waals surface area contributed by atoms with Crippen LogP contribution in [-0.2, 0) is 0 Å². The van der Waals surface area contributed by atoms with Crippen molar-refractivity contribution in [2.75, 3.05) is 5.32 Å². The molecule has 2 aromatic heterocycles. The second-order valence-electron chi connectivity index (χ2n) is 4.62. The minimum atomic E-state index is -0.0318. The highest BCUT2D eigenvalue weighted by molar-refractivity contribution is 9.10. The van der Waals surface area contributed by atoms with E-state index in [9.17, 15) is 0 Å². The normalized spacial score (nSPS) is 12.6. The molecule has 1 N–H and O–H groups in total. The van der Waals surface area contributed by atoms with E-state index in [0.29, 0.717) is 16.0 Å². The van der Waals surface area contributed by atoms with Gasteiger partial charge in [0.15, 0.2) is 5.65 Å². The minimum absolute atomic E-state index is 0.0318. The first-order chi connectivity index (χ1) is 10.0. The van der Waals surface area contributed by atoms with Crippen LogP contribution in [0.3, 0.4) is 0 Å². The van der Waals surface area contributed by atoms with Gasteiger partial charge in [-0.15, -0.1) is 5.10 Å². The Morgan fingerprint density at radius 1 is 1.24 bits per heavy atom. The summed E-state index contributed by atoms with van der Waals surface area (Å²) >= 11 is 15.5. The highest BCUT2D eigenvalue weighted by atomic mass is 79.9. The molecule has 0 aliphatic heterocycles. The molecule has 0 aliphatic rings. The van der Waals surface area contributed by atoms with Gasteiger partial charge in [0.05, 0.1) is 6.04 Å². The zero-order chi connectivity index (χ0) is 15.0. The van der Waals surface area contributed by atoms with Crippen LogP contribution in [0.2, 0.25) is 10.0 Å². The molecule has 0 saturated carbocycles. The molecular formula is C14H11BrCl2N4. The maximum Gasteiger partial charge on any atom is 0.243 e. The number of halogens is 3. The smallest absolute Gasteiger partial charge is 0.243 e. The first-order valence-corrected chi connectivity index (χ1v) is 7.81. The molecule has 0 fully saturated rings. The lowest BCUT2D eigenvalue weighted by atomic mass is 10.1. The van der Waals surface area contributed by atoms with Gasteiger partial charge in [0.2, 0.25) is 5.95 Å². The van der Waals surface area contributed by atoms with Crippen LogP contribution in [0.25, 0.3) is 5.65 Å². The summed E-state index contributed by atoms with van der Waals surface area (Å²) in [5, 5.41) is 8.86. The summed E-state index contributed by atoms with van der Waals surface area (Å²) in [7, 11) is 0. The van der Waals surface area contributed by atoms with Crippen molar-refractivity contribution in [2.24, 2.45) is 0 Å². The predicted octanol–water partition coefficient (Wildman–Crippen LogP) is 4.97. The van der Waals surface area contributed by atoms with Crippen LogP contribution in [0.5, 0.6) is 0 Å². The molecule has 1 aromatic carbocycles. The average molecular weight is 386 g/mol. The summed E-state index contributed by atoms with van der Waals surface area (Å²) in [5.41, 5.74) is 1.72. The number of hydrogen-bond donors (Lipinski definition) is 1. The van der Waals surface area contributed by atoms with Gasteiger partial charge in [0.25, 0.3) is 0 Å². The van der Waals surface area contributed by atoms with Crippen LogP contribution < -0.4 is 5.32 Å². The molecule has 7 heteroatoms.